The summed E-state index contributed by atoms with van der Waals surface area (Å²) >= 11 is 5.88. The van der Waals surface area contributed by atoms with Gasteiger partial charge in [0.05, 0.1) is 20.7 Å². The molecule has 0 heterocycles. The highest BCUT2D eigenvalue weighted by molar-refractivity contribution is 7.92. The SMILES string of the molecule is O=C(Nc1cccc(S(=O)(=O)C2CCCC2)c1)c1ccc(F)cc1Cl. The zero-order valence-electron chi connectivity index (χ0n) is 13.3. The van der Waals surface area contributed by atoms with Gasteiger partial charge in [-0.3, -0.25) is 4.79 Å². The zero-order chi connectivity index (χ0) is 18.0. The molecule has 0 spiro atoms. The summed E-state index contributed by atoms with van der Waals surface area (Å²) in [5, 5.41) is 2.25. The topological polar surface area (TPSA) is 63.2 Å². The van der Waals surface area contributed by atoms with Crippen LogP contribution in [0.15, 0.2) is 47.4 Å². The van der Waals surface area contributed by atoms with E-state index in [0.29, 0.717) is 18.5 Å². The van der Waals surface area contributed by atoms with Crippen LogP contribution in [-0.4, -0.2) is 19.6 Å². The summed E-state index contributed by atoms with van der Waals surface area (Å²) in [4.78, 5) is 12.5. The Bertz CT molecular complexity index is 908. The number of carbonyl (C=O) groups excluding carboxylic acids is 1. The van der Waals surface area contributed by atoms with Crippen molar-refractivity contribution in [3.63, 3.8) is 0 Å². The van der Waals surface area contributed by atoms with Gasteiger partial charge in [0.1, 0.15) is 5.82 Å². The molecular formula is C18H17ClFNO3S. The lowest BCUT2D eigenvalue weighted by Gasteiger charge is -2.13. The number of sulfone groups is 1. The lowest BCUT2D eigenvalue weighted by Crippen LogP contribution is -2.18. The number of carbonyl (C=O) groups is 1. The third-order valence-corrected chi connectivity index (χ3v) is 6.91. The monoisotopic (exact) mass is 381 g/mol. The van der Waals surface area contributed by atoms with Crippen molar-refractivity contribution in [2.75, 3.05) is 5.32 Å². The summed E-state index contributed by atoms with van der Waals surface area (Å²) in [5.74, 6) is -1.06. The minimum atomic E-state index is -3.40. The smallest absolute Gasteiger partial charge is 0.257 e. The third kappa shape index (κ3) is 3.85. The van der Waals surface area contributed by atoms with Crippen LogP contribution in [0, 0.1) is 5.82 Å². The number of halogens is 2. The highest BCUT2D eigenvalue weighted by atomic mass is 35.5. The number of nitrogens with one attached hydrogen (secondary N) is 1. The molecule has 0 radical (unpaired) electrons. The van der Waals surface area contributed by atoms with Crippen LogP contribution in [0.2, 0.25) is 5.02 Å². The zero-order valence-corrected chi connectivity index (χ0v) is 14.9. The van der Waals surface area contributed by atoms with Gasteiger partial charge in [-0.15, -0.1) is 0 Å². The Kier molecular flexibility index (Phi) is 5.11. The van der Waals surface area contributed by atoms with Crippen LogP contribution in [0.1, 0.15) is 36.0 Å². The van der Waals surface area contributed by atoms with Crippen molar-refractivity contribution in [1.82, 2.24) is 0 Å². The van der Waals surface area contributed by atoms with Crippen LogP contribution in [0.5, 0.6) is 0 Å². The molecule has 25 heavy (non-hydrogen) atoms. The Morgan fingerprint density at radius 2 is 1.84 bits per heavy atom. The summed E-state index contributed by atoms with van der Waals surface area (Å²) in [5.41, 5.74) is 0.469. The van der Waals surface area contributed by atoms with E-state index in [1.54, 1.807) is 12.1 Å². The Morgan fingerprint density at radius 3 is 2.52 bits per heavy atom. The summed E-state index contributed by atoms with van der Waals surface area (Å²) in [7, 11) is -3.40. The first-order valence-electron chi connectivity index (χ1n) is 7.98. The van der Waals surface area contributed by atoms with Crippen molar-refractivity contribution >= 4 is 33.0 Å². The molecule has 0 atom stereocenters. The Balaban J connectivity index is 1.83. The molecule has 1 aliphatic carbocycles. The minimum absolute atomic E-state index is 0.00719. The molecule has 0 bridgehead atoms. The van der Waals surface area contributed by atoms with E-state index >= 15 is 0 Å². The number of anilines is 1. The number of rotatable bonds is 4. The molecule has 0 saturated heterocycles. The van der Waals surface area contributed by atoms with Gasteiger partial charge in [0.2, 0.25) is 0 Å². The van der Waals surface area contributed by atoms with E-state index in [1.807, 2.05) is 0 Å². The second kappa shape index (κ2) is 7.14. The molecule has 1 N–H and O–H groups in total. The van der Waals surface area contributed by atoms with Crippen molar-refractivity contribution < 1.29 is 17.6 Å². The molecule has 1 fully saturated rings. The van der Waals surface area contributed by atoms with Gasteiger partial charge in [0.15, 0.2) is 9.84 Å². The van der Waals surface area contributed by atoms with E-state index in [1.165, 1.54) is 18.2 Å². The normalized spacial score (nSPS) is 15.3. The molecule has 1 saturated carbocycles. The predicted octanol–water partition coefficient (Wildman–Crippen LogP) is 4.45. The maximum atomic E-state index is 13.1. The maximum absolute atomic E-state index is 13.1. The first kappa shape index (κ1) is 17.9. The number of hydrogen-bond acceptors (Lipinski definition) is 3. The van der Waals surface area contributed by atoms with Crippen LogP contribution < -0.4 is 5.32 Å². The van der Waals surface area contributed by atoms with Gasteiger partial charge in [-0.25, -0.2) is 12.8 Å². The van der Waals surface area contributed by atoms with Crippen LogP contribution in [0.25, 0.3) is 0 Å². The number of amides is 1. The van der Waals surface area contributed by atoms with Gasteiger partial charge in [0.25, 0.3) is 5.91 Å². The number of hydrogen-bond donors (Lipinski definition) is 1. The molecule has 132 valence electrons. The lowest BCUT2D eigenvalue weighted by atomic mass is 10.2. The summed E-state index contributed by atoms with van der Waals surface area (Å²) in [6, 6.07) is 9.65. The van der Waals surface area contributed by atoms with E-state index in [0.717, 1.165) is 25.0 Å². The lowest BCUT2D eigenvalue weighted by molar-refractivity contribution is 0.102. The van der Waals surface area contributed by atoms with E-state index in [4.69, 9.17) is 11.6 Å². The first-order chi connectivity index (χ1) is 11.9. The standard InChI is InChI=1S/C18H17ClFNO3S/c19-17-10-12(20)8-9-16(17)18(22)21-13-4-3-7-15(11-13)25(23,24)14-5-1-2-6-14/h3-4,7-11,14H,1-2,5-6H2,(H,21,22). The molecule has 2 aromatic carbocycles. The van der Waals surface area contributed by atoms with Gasteiger partial charge in [-0.05, 0) is 49.2 Å². The summed E-state index contributed by atoms with van der Waals surface area (Å²) < 4.78 is 38.4. The molecule has 4 nitrogen and oxygen atoms in total. The van der Waals surface area contributed by atoms with Crippen LogP contribution in [0.3, 0.4) is 0 Å². The van der Waals surface area contributed by atoms with Crippen molar-refractivity contribution in [3.05, 3.63) is 58.9 Å². The number of benzene rings is 2. The highest BCUT2D eigenvalue weighted by Gasteiger charge is 2.30. The average Bonchev–Trinajstić information content (AvgIpc) is 3.10. The fraction of sp³-hybridized carbons (Fsp3) is 0.278. The Hall–Kier alpha value is -1.92. The van der Waals surface area contributed by atoms with E-state index in [9.17, 15) is 17.6 Å². The third-order valence-electron chi connectivity index (χ3n) is 4.34. The molecule has 3 rings (SSSR count). The van der Waals surface area contributed by atoms with Crippen LogP contribution in [-0.2, 0) is 9.84 Å². The quantitative estimate of drug-likeness (QED) is 0.851. The van der Waals surface area contributed by atoms with Crippen LogP contribution in [0.4, 0.5) is 10.1 Å². The van der Waals surface area contributed by atoms with Gasteiger partial charge in [-0.2, -0.15) is 0 Å². The van der Waals surface area contributed by atoms with Crippen LogP contribution >= 0.6 is 11.6 Å². The van der Waals surface area contributed by atoms with Crippen molar-refractivity contribution in [1.29, 1.82) is 0 Å². The fourth-order valence-electron chi connectivity index (χ4n) is 3.01. The molecule has 0 unspecified atom stereocenters. The van der Waals surface area contributed by atoms with Gasteiger partial charge in [0, 0.05) is 5.69 Å². The Morgan fingerprint density at radius 1 is 1.12 bits per heavy atom. The molecule has 2 aromatic rings. The van der Waals surface area contributed by atoms with Crippen molar-refractivity contribution in [2.24, 2.45) is 0 Å². The highest BCUT2D eigenvalue weighted by Crippen LogP contribution is 2.30. The van der Waals surface area contributed by atoms with Gasteiger partial charge in [-0.1, -0.05) is 30.5 Å². The largest absolute Gasteiger partial charge is 0.322 e. The van der Waals surface area contributed by atoms with Crippen molar-refractivity contribution in [3.8, 4) is 0 Å². The van der Waals surface area contributed by atoms with E-state index < -0.39 is 21.6 Å². The molecular weight excluding hydrogens is 365 g/mol. The molecule has 0 aliphatic heterocycles. The second-order valence-corrected chi connectivity index (χ2v) is 8.69. The maximum Gasteiger partial charge on any atom is 0.257 e. The second-order valence-electron chi connectivity index (χ2n) is 6.06. The van der Waals surface area contributed by atoms with Gasteiger partial charge < -0.3 is 5.32 Å². The van der Waals surface area contributed by atoms with Crippen molar-refractivity contribution in [2.45, 2.75) is 35.8 Å². The van der Waals surface area contributed by atoms with E-state index in [-0.39, 0.29) is 20.7 Å². The average molecular weight is 382 g/mol. The molecule has 1 aliphatic rings. The first-order valence-corrected chi connectivity index (χ1v) is 9.91. The fourth-order valence-corrected chi connectivity index (χ4v) is 5.17. The van der Waals surface area contributed by atoms with Gasteiger partial charge >= 0.3 is 0 Å². The molecule has 7 heteroatoms. The minimum Gasteiger partial charge on any atom is -0.322 e. The predicted molar refractivity (Wildman–Crippen MR) is 95.2 cm³/mol. The molecule has 1 amide bonds. The molecule has 0 aromatic heterocycles. The van der Waals surface area contributed by atoms with E-state index in [2.05, 4.69) is 5.32 Å². The summed E-state index contributed by atoms with van der Waals surface area (Å²) in [6.07, 6.45) is 3.18. The Labute approximate surface area is 150 Å². The summed E-state index contributed by atoms with van der Waals surface area (Å²) in [6.45, 7) is 0.